The maximum absolute atomic E-state index is 12.4. The number of benzene rings is 2. The third kappa shape index (κ3) is 4.75. The predicted octanol–water partition coefficient (Wildman–Crippen LogP) is 5.21. The Morgan fingerprint density at radius 2 is 1.72 bits per heavy atom. The highest BCUT2D eigenvalue weighted by Gasteiger charge is 2.38. The van der Waals surface area contributed by atoms with Gasteiger partial charge in [-0.15, -0.1) is 11.3 Å². The van der Waals surface area contributed by atoms with Gasteiger partial charge in [0.1, 0.15) is 4.88 Å². The first-order valence-corrected chi connectivity index (χ1v) is 9.36. The van der Waals surface area contributed by atoms with Crippen LogP contribution in [-0.4, -0.2) is 23.7 Å². The SMILES string of the molecule is C/C(=N\NC(=O)c1sc2ccccc2c1Cl)c1ccc(NC(=O)C(F)(F)F)cc1. The van der Waals surface area contributed by atoms with Crippen LogP contribution in [0.1, 0.15) is 22.2 Å². The maximum Gasteiger partial charge on any atom is 0.471 e. The fourth-order valence-electron chi connectivity index (χ4n) is 2.41. The molecule has 0 spiro atoms. The summed E-state index contributed by atoms with van der Waals surface area (Å²) in [6.45, 7) is 1.62. The molecule has 2 aromatic carbocycles. The Morgan fingerprint density at radius 3 is 2.34 bits per heavy atom. The summed E-state index contributed by atoms with van der Waals surface area (Å²) in [6.07, 6.45) is -4.96. The fraction of sp³-hybridized carbons (Fsp3) is 0.105. The number of carbonyl (C=O) groups excluding carboxylic acids is 2. The number of fused-ring (bicyclic) bond motifs is 1. The van der Waals surface area contributed by atoms with E-state index in [1.807, 2.05) is 24.3 Å². The number of hydrazone groups is 1. The van der Waals surface area contributed by atoms with Crippen molar-refractivity contribution in [3.63, 3.8) is 0 Å². The van der Waals surface area contributed by atoms with E-state index < -0.39 is 18.0 Å². The van der Waals surface area contributed by atoms with Crippen LogP contribution >= 0.6 is 22.9 Å². The van der Waals surface area contributed by atoms with E-state index in [1.54, 1.807) is 12.2 Å². The van der Waals surface area contributed by atoms with E-state index in [4.69, 9.17) is 11.6 Å². The van der Waals surface area contributed by atoms with E-state index >= 15 is 0 Å². The summed E-state index contributed by atoms with van der Waals surface area (Å²) in [6, 6.07) is 12.9. The fourth-order valence-corrected chi connectivity index (χ4v) is 3.81. The first-order valence-electron chi connectivity index (χ1n) is 8.17. The lowest BCUT2D eigenvalue weighted by Crippen LogP contribution is -2.29. The van der Waals surface area contributed by atoms with E-state index in [1.165, 1.54) is 35.6 Å². The first kappa shape index (κ1) is 20.8. The van der Waals surface area contributed by atoms with Crippen LogP contribution in [0.25, 0.3) is 10.1 Å². The molecular weight excluding hydrogens is 427 g/mol. The number of hydrogen-bond acceptors (Lipinski definition) is 4. The molecule has 0 aliphatic heterocycles. The Hall–Kier alpha value is -2.91. The van der Waals surface area contributed by atoms with Crippen LogP contribution in [0.5, 0.6) is 0 Å². The van der Waals surface area contributed by atoms with Crippen LogP contribution < -0.4 is 10.7 Å². The molecule has 1 aromatic heterocycles. The van der Waals surface area contributed by atoms with Gasteiger partial charge in [-0.05, 0) is 30.7 Å². The highest BCUT2D eigenvalue weighted by atomic mass is 35.5. The van der Waals surface area contributed by atoms with E-state index in [9.17, 15) is 22.8 Å². The van der Waals surface area contributed by atoms with E-state index in [-0.39, 0.29) is 5.69 Å². The number of amides is 2. The first-order chi connectivity index (χ1) is 13.7. The van der Waals surface area contributed by atoms with Gasteiger partial charge in [0.2, 0.25) is 0 Å². The number of anilines is 1. The Kier molecular flexibility index (Phi) is 5.90. The van der Waals surface area contributed by atoms with Crippen LogP contribution in [0, 0.1) is 0 Å². The summed E-state index contributed by atoms with van der Waals surface area (Å²) in [5.74, 6) is -2.52. The molecule has 3 rings (SSSR count). The van der Waals surface area contributed by atoms with E-state index in [0.717, 1.165) is 10.1 Å². The molecule has 150 valence electrons. The second-order valence-corrected chi connectivity index (χ2v) is 7.34. The number of halogens is 4. The molecule has 1 heterocycles. The number of nitrogens with zero attached hydrogens (tertiary/aromatic N) is 1. The van der Waals surface area contributed by atoms with Gasteiger partial charge in [-0.2, -0.15) is 18.3 Å². The van der Waals surface area contributed by atoms with Crippen molar-refractivity contribution >= 4 is 56.2 Å². The van der Waals surface area contributed by atoms with Crippen LogP contribution in [-0.2, 0) is 4.79 Å². The van der Waals surface area contributed by atoms with Crippen molar-refractivity contribution in [2.75, 3.05) is 5.32 Å². The molecule has 2 N–H and O–H groups in total. The van der Waals surface area contributed by atoms with Gasteiger partial charge >= 0.3 is 12.1 Å². The summed E-state index contributed by atoms with van der Waals surface area (Å²) in [5, 5.41) is 6.89. The zero-order chi connectivity index (χ0) is 21.2. The minimum Gasteiger partial charge on any atom is -0.318 e. The topological polar surface area (TPSA) is 70.6 Å². The van der Waals surface area contributed by atoms with Crippen molar-refractivity contribution in [2.24, 2.45) is 5.10 Å². The molecule has 0 aliphatic carbocycles. The molecule has 0 unspecified atom stereocenters. The lowest BCUT2D eigenvalue weighted by atomic mass is 10.1. The molecule has 0 saturated heterocycles. The average molecular weight is 440 g/mol. The molecule has 10 heteroatoms. The zero-order valence-corrected chi connectivity index (χ0v) is 16.4. The molecule has 0 radical (unpaired) electrons. The van der Waals surface area contributed by atoms with E-state index in [0.29, 0.717) is 21.2 Å². The molecular formula is C19H13ClF3N3O2S. The highest BCUT2D eigenvalue weighted by molar-refractivity contribution is 7.21. The molecule has 2 amide bonds. The van der Waals surface area contributed by atoms with Gasteiger partial charge in [0.25, 0.3) is 5.91 Å². The van der Waals surface area contributed by atoms with Crippen LogP contribution in [0.2, 0.25) is 5.02 Å². The van der Waals surface area contributed by atoms with Crippen LogP contribution in [0.4, 0.5) is 18.9 Å². The van der Waals surface area contributed by atoms with Gasteiger partial charge in [0, 0.05) is 15.8 Å². The molecule has 0 aliphatic rings. The normalized spacial score (nSPS) is 12.1. The monoisotopic (exact) mass is 439 g/mol. The molecule has 29 heavy (non-hydrogen) atoms. The predicted molar refractivity (Wildman–Crippen MR) is 108 cm³/mol. The third-order valence-corrected chi connectivity index (χ3v) is 5.56. The molecule has 0 saturated carbocycles. The standard InChI is InChI=1S/C19H13ClF3N3O2S/c1-10(11-6-8-12(9-7-11)24-18(28)19(21,22)23)25-26-17(27)16-15(20)13-4-2-3-5-14(13)29-16/h2-9H,1H3,(H,24,28)(H,26,27)/b25-10+. The Bertz CT molecular complexity index is 1110. The molecule has 0 atom stereocenters. The van der Waals surface area contributed by atoms with Crippen molar-refractivity contribution < 1.29 is 22.8 Å². The number of alkyl halides is 3. The molecule has 5 nitrogen and oxygen atoms in total. The van der Waals surface area contributed by atoms with Crippen molar-refractivity contribution in [3.8, 4) is 0 Å². The lowest BCUT2D eigenvalue weighted by molar-refractivity contribution is -0.167. The Morgan fingerprint density at radius 1 is 1.07 bits per heavy atom. The van der Waals surface area contributed by atoms with Crippen molar-refractivity contribution in [3.05, 3.63) is 64.0 Å². The number of carbonyl (C=O) groups is 2. The summed E-state index contributed by atoms with van der Waals surface area (Å²) in [7, 11) is 0. The Balaban J connectivity index is 1.70. The van der Waals surface area contributed by atoms with Crippen LogP contribution in [0.15, 0.2) is 53.6 Å². The van der Waals surface area contributed by atoms with Gasteiger partial charge in [-0.3, -0.25) is 9.59 Å². The largest absolute Gasteiger partial charge is 0.471 e. The second-order valence-electron chi connectivity index (χ2n) is 5.91. The van der Waals surface area contributed by atoms with Gasteiger partial charge in [-0.25, -0.2) is 5.43 Å². The summed E-state index contributed by atoms with van der Waals surface area (Å²) in [4.78, 5) is 23.7. The average Bonchev–Trinajstić information content (AvgIpc) is 3.03. The third-order valence-electron chi connectivity index (χ3n) is 3.88. The maximum atomic E-state index is 12.4. The lowest BCUT2D eigenvalue weighted by Gasteiger charge is -2.08. The second kappa shape index (κ2) is 8.22. The molecule has 0 bridgehead atoms. The van der Waals surface area contributed by atoms with Crippen molar-refractivity contribution in [1.82, 2.24) is 5.43 Å². The van der Waals surface area contributed by atoms with Crippen molar-refractivity contribution in [2.45, 2.75) is 13.1 Å². The number of thiophene rings is 1. The number of hydrogen-bond donors (Lipinski definition) is 2. The summed E-state index contributed by atoms with van der Waals surface area (Å²) >= 11 is 7.51. The van der Waals surface area contributed by atoms with Gasteiger partial charge in [-0.1, -0.05) is 41.9 Å². The zero-order valence-electron chi connectivity index (χ0n) is 14.8. The summed E-state index contributed by atoms with van der Waals surface area (Å²) in [5.41, 5.74) is 3.39. The molecule has 3 aromatic rings. The minimum atomic E-state index is -4.96. The smallest absolute Gasteiger partial charge is 0.318 e. The minimum absolute atomic E-state index is 0.00929. The molecule has 0 fully saturated rings. The Labute approximate surface area is 172 Å². The van der Waals surface area contributed by atoms with Gasteiger partial charge in [0.05, 0.1) is 10.7 Å². The quantitative estimate of drug-likeness (QED) is 0.432. The number of nitrogens with one attached hydrogen (secondary N) is 2. The highest BCUT2D eigenvalue weighted by Crippen LogP contribution is 2.34. The van der Waals surface area contributed by atoms with Gasteiger partial charge < -0.3 is 5.32 Å². The number of rotatable bonds is 4. The van der Waals surface area contributed by atoms with Crippen molar-refractivity contribution in [1.29, 1.82) is 0 Å². The summed E-state index contributed by atoms with van der Waals surface area (Å²) < 4.78 is 37.7. The van der Waals surface area contributed by atoms with Gasteiger partial charge in [0.15, 0.2) is 0 Å². The van der Waals surface area contributed by atoms with E-state index in [2.05, 4.69) is 10.5 Å². The van der Waals surface area contributed by atoms with Crippen LogP contribution in [0.3, 0.4) is 0 Å².